The predicted octanol–water partition coefficient (Wildman–Crippen LogP) is 2.69. The van der Waals surface area contributed by atoms with Gasteiger partial charge >= 0.3 is 0 Å². The van der Waals surface area contributed by atoms with Gasteiger partial charge in [-0.25, -0.2) is 0 Å². The molecule has 1 heterocycles. The van der Waals surface area contributed by atoms with Crippen molar-refractivity contribution in [1.29, 1.82) is 0 Å². The molecule has 27 heavy (non-hydrogen) atoms. The van der Waals surface area contributed by atoms with Crippen LogP contribution < -0.4 is 10.6 Å². The van der Waals surface area contributed by atoms with Crippen molar-refractivity contribution in [3.05, 3.63) is 70.8 Å². The molecule has 5 nitrogen and oxygen atoms in total. The molecule has 1 saturated heterocycles. The summed E-state index contributed by atoms with van der Waals surface area (Å²) in [7, 11) is 1.81. The molecule has 2 aromatic rings. The Labute approximate surface area is 162 Å². The third kappa shape index (κ3) is 6.38. The van der Waals surface area contributed by atoms with Crippen LogP contribution in [0.1, 0.15) is 22.3 Å². The summed E-state index contributed by atoms with van der Waals surface area (Å²) in [5.74, 6) is 0.815. The highest BCUT2D eigenvalue weighted by molar-refractivity contribution is 5.79. The Morgan fingerprint density at radius 2 is 1.59 bits per heavy atom. The minimum atomic E-state index is 0.754. The van der Waals surface area contributed by atoms with Crippen molar-refractivity contribution in [1.82, 2.24) is 15.5 Å². The van der Waals surface area contributed by atoms with E-state index in [0.29, 0.717) is 0 Å². The minimum absolute atomic E-state index is 0.754. The van der Waals surface area contributed by atoms with Crippen LogP contribution in [-0.4, -0.2) is 44.2 Å². The topological polar surface area (TPSA) is 48.9 Å². The molecule has 0 aromatic heterocycles. The van der Waals surface area contributed by atoms with E-state index in [1.807, 2.05) is 0 Å². The van der Waals surface area contributed by atoms with E-state index in [0.717, 1.165) is 51.9 Å². The predicted molar refractivity (Wildman–Crippen MR) is 111 cm³/mol. The third-order valence-corrected chi connectivity index (χ3v) is 4.73. The Kier molecular flexibility index (Phi) is 7.25. The van der Waals surface area contributed by atoms with Crippen LogP contribution in [0.3, 0.4) is 0 Å². The number of benzene rings is 2. The highest BCUT2D eigenvalue weighted by Crippen LogP contribution is 2.10. The van der Waals surface area contributed by atoms with Gasteiger partial charge in [0.25, 0.3) is 0 Å². The van der Waals surface area contributed by atoms with Crippen molar-refractivity contribution in [2.24, 2.45) is 4.99 Å². The molecule has 2 aromatic carbocycles. The van der Waals surface area contributed by atoms with E-state index in [2.05, 4.69) is 76.0 Å². The zero-order valence-corrected chi connectivity index (χ0v) is 16.4. The van der Waals surface area contributed by atoms with Crippen molar-refractivity contribution >= 4 is 5.96 Å². The van der Waals surface area contributed by atoms with Gasteiger partial charge in [0, 0.05) is 39.8 Å². The van der Waals surface area contributed by atoms with E-state index in [1.54, 1.807) is 7.05 Å². The lowest BCUT2D eigenvalue weighted by molar-refractivity contribution is 0.0342. The molecule has 0 amide bonds. The van der Waals surface area contributed by atoms with E-state index in [1.165, 1.54) is 22.3 Å². The Bertz CT molecular complexity index is 753. The zero-order valence-electron chi connectivity index (χ0n) is 16.4. The van der Waals surface area contributed by atoms with Crippen LogP contribution in [0.2, 0.25) is 0 Å². The summed E-state index contributed by atoms with van der Waals surface area (Å²) >= 11 is 0. The number of hydrogen-bond acceptors (Lipinski definition) is 3. The number of nitrogens with one attached hydrogen (secondary N) is 2. The summed E-state index contributed by atoms with van der Waals surface area (Å²) in [6, 6.07) is 17.3. The van der Waals surface area contributed by atoms with Crippen LogP contribution in [0.4, 0.5) is 0 Å². The first kappa shape index (κ1) is 19.4. The Balaban J connectivity index is 1.49. The summed E-state index contributed by atoms with van der Waals surface area (Å²) in [6.45, 7) is 8.31. The maximum atomic E-state index is 5.43. The Morgan fingerprint density at radius 1 is 0.963 bits per heavy atom. The van der Waals surface area contributed by atoms with Crippen molar-refractivity contribution in [2.75, 3.05) is 33.4 Å². The van der Waals surface area contributed by atoms with Gasteiger partial charge in [-0.2, -0.15) is 0 Å². The maximum absolute atomic E-state index is 5.43. The largest absolute Gasteiger partial charge is 0.379 e. The van der Waals surface area contributed by atoms with Crippen LogP contribution in [0.15, 0.2) is 53.5 Å². The molecular formula is C22H30N4O. The third-order valence-electron chi connectivity index (χ3n) is 4.73. The molecule has 0 atom stereocenters. The van der Waals surface area contributed by atoms with Crippen molar-refractivity contribution < 1.29 is 4.74 Å². The number of rotatable bonds is 6. The van der Waals surface area contributed by atoms with Gasteiger partial charge in [-0.3, -0.25) is 9.89 Å². The lowest BCUT2D eigenvalue weighted by Gasteiger charge is -2.26. The number of ether oxygens (including phenoxy) is 1. The number of aliphatic imine (C=N–C) groups is 1. The fraction of sp³-hybridized carbons (Fsp3) is 0.409. The molecule has 0 radical (unpaired) electrons. The fourth-order valence-corrected chi connectivity index (χ4v) is 3.27. The monoisotopic (exact) mass is 366 g/mol. The van der Waals surface area contributed by atoms with Gasteiger partial charge < -0.3 is 15.4 Å². The smallest absolute Gasteiger partial charge is 0.191 e. The summed E-state index contributed by atoms with van der Waals surface area (Å²) in [4.78, 5) is 6.77. The van der Waals surface area contributed by atoms with Crippen LogP contribution in [0.5, 0.6) is 0 Å². The molecule has 0 bridgehead atoms. The molecule has 3 rings (SSSR count). The van der Waals surface area contributed by atoms with Gasteiger partial charge in [-0.15, -0.1) is 0 Å². The van der Waals surface area contributed by atoms with Gasteiger partial charge in [0.05, 0.1) is 13.2 Å². The lowest BCUT2D eigenvalue weighted by atomic mass is 10.1. The molecule has 2 N–H and O–H groups in total. The number of morpholine rings is 1. The summed E-state index contributed by atoms with van der Waals surface area (Å²) in [6.07, 6.45) is 0. The first-order chi connectivity index (χ1) is 13.2. The molecule has 0 saturated carbocycles. The lowest BCUT2D eigenvalue weighted by Crippen LogP contribution is -2.36. The first-order valence-electron chi connectivity index (χ1n) is 9.61. The summed E-state index contributed by atoms with van der Waals surface area (Å²) in [5.41, 5.74) is 5.14. The molecule has 0 unspecified atom stereocenters. The zero-order chi connectivity index (χ0) is 18.9. The van der Waals surface area contributed by atoms with Crippen molar-refractivity contribution in [3.63, 3.8) is 0 Å². The minimum Gasteiger partial charge on any atom is -0.379 e. The Morgan fingerprint density at radius 3 is 2.26 bits per heavy atom. The van der Waals surface area contributed by atoms with Gasteiger partial charge in [-0.05, 0) is 23.6 Å². The van der Waals surface area contributed by atoms with Gasteiger partial charge in [0.1, 0.15) is 0 Å². The molecule has 144 valence electrons. The fourth-order valence-electron chi connectivity index (χ4n) is 3.27. The van der Waals surface area contributed by atoms with E-state index >= 15 is 0 Å². The quantitative estimate of drug-likeness (QED) is 0.610. The molecule has 1 aliphatic rings. The van der Waals surface area contributed by atoms with E-state index < -0.39 is 0 Å². The van der Waals surface area contributed by atoms with Gasteiger partial charge in [0.15, 0.2) is 5.96 Å². The van der Waals surface area contributed by atoms with Crippen molar-refractivity contribution in [3.8, 4) is 0 Å². The molecular weight excluding hydrogens is 336 g/mol. The average molecular weight is 367 g/mol. The molecule has 1 aliphatic heterocycles. The second-order valence-electron chi connectivity index (χ2n) is 6.98. The van der Waals surface area contributed by atoms with Crippen LogP contribution in [0, 0.1) is 6.92 Å². The van der Waals surface area contributed by atoms with Crippen molar-refractivity contribution in [2.45, 2.75) is 26.6 Å². The average Bonchev–Trinajstić information content (AvgIpc) is 2.69. The second kappa shape index (κ2) is 10.1. The van der Waals surface area contributed by atoms with E-state index in [-0.39, 0.29) is 0 Å². The highest BCUT2D eigenvalue weighted by atomic mass is 16.5. The second-order valence-corrected chi connectivity index (χ2v) is 6.98. The molecule has 1 fully saturated rings. The summed E-state index contributed by atoms with van der Waals surface area (Å²) in [5, 5.41) is 6.79. The molecule has 0 aliphatic carbocycles. The first-order valence-corrected chi connectivity index (χ1v) is 9.61. The molecule has 5 heteroatoms. The maximum Gasteiger partial charge on any atom is 0.191 e. The van der Waals surface area contributed by atoms with Crippen LogP contribution >= 0.6 is 0 Å². The highest BCUT2D eigenvalue weighted by Gasteiger charge is 2.10. The van der Waals surface area contributed by atoms with Gasteiger partial charge in [0.2, 0.25) is 0 Å². The van der Waals surface area contributed by atoms with Gasteiger partial charge in [-0.1, -0.05) is 54.1 Å². The SMILES string of the molecule is CN=C(NCc1cccc(C)c1)NCc1cccc(CN2CCOCC2)c1. The standard InChI is InChI=1S/C22H30N4O/c1-18-5-3-6-19(13-18)15-24-22(23-2)25-16-20-7-4-8-21(14-20)17-26-9-11-27-12-10-26/h3-8,13-14H,9-12,15-17H2,1-2H3,(H2,23,24,25). The molecule has 0 spiro atoms. The normalized spacial score (nSPS) is 15.6. The van der Waals surface area contributed by atoms with Crippen LogP contribution in [-0.2, 0) is 24.4 Å². The summed E-state index contributed by atoms with van der Waals surface area (Å²) < 4.78 is 5.43. The Hall–Kier alpha value is -2.37. The van der Waals surface area contributed by atoms with Crippen LogP contribution in [0.25, 0.3) is 0 Å². The number of guanidine groups is 1. The number of nitrogens with zero attached hydrogens (tertiary/aromatic N) is 2. The van der Waals surface area contributed by atoms with E-state index in [9.17, 15) is 0 Å². The number of aryl methyl sites for hydroxylation is 1. The number of hydrogen-bond donors (Lipinski definition) is 2. The van der Waals surface area contributed by atoms with E-state index in [4.69, 9.17) is 4.74 Å².